The molecular weight excluding hydrogens is 465 g/mol. The summed E-state index contributed by atoms with van der Waals surface area (Å²) in [6.45, 7) is 1.82. The highest BCUT2D eigenvalue weighted by atomic mass is 35.5. The van der Waals surface area contributed by atoms with E-state index in [1.165, 1.54) is 36.4 Å². The third-order valence-electron chi connectivity index (χ3n) is 4.97. The molecule has 4 rings (SSSR count). The largest absolute Gasteiger partial charge is 0.423 e. The molecule has 1 aromatic heterocycles. The predicted octanol–water partition coefficient (Wildman–Crippen LogP) is 5.81. The van der Waals surface area contributed by atoms with Gasteiger partial charge in [0.2, 0.25) is 0 Å². The number of hydrogen-bond acceptors (Lipinski definition) is 5. The number of hydrogen-bond donors (Lipinski definition) is 1. The monoisotopic (exact) mass is 481 g/mol. The van der Waals surface area contributed by atoms with Crippen molar-refractivity contribution < 1.29 is 18.7 Å². The Morgan fingerprint density at radius 3 is 2.42 bits per heavy atom. The van der Waals surface area contributed by atoms with Crippen molar-refractivity contribution in [3.63, 3.8) is 0 Å². The minimum absolute atomic E-state index is 0.120. The Kier molecular flexibility index (Phi) is 6.49. The number of ether oxygens (including phenoxy) is 1. The number of amides is 1. The van der Waals surface area contributed by atoms with Gasteiger partial charge in [0, 0.05) is 11.5 Å². The average Bonchev–Trinajstić information content (AvgIpc) is 2.80. The van der Waals surface area contributed by atoms with Crippen LogP contribution in [0, 0.1) is 0 Å². The molecule has 0 aliphatic carbocycles. The molecule has 4 aromatic rings. The molecule has 166 valence electrons. The van der Waals surface area contributed by atoms with Crippen molar-refractivity contribution in [2.24, 2.45) is 0 Å². The summed E-state index contributed by atoms with van der Waals surface area (Å²) < 4.78 is 10.7. The molecule has 33 heavy (non-hydrogen) atoms. The number of benzene rings is 3. The standard InChI is InChI=1S/C25H17Cl2NO5/c1-14(15-5-3-2-4-6-15)28-23(29)19-11-16-7-9-18(13-22(16)33-25(19)31)32-24(30)17-8-10-20(26)21(27)12-17/h2-14H,1H3,(H,28,29). The molecular formula is C25H17Cl2NO5. The molecule has 0 saturated heterocycles. The second-order valence-electron chi connectivity index (χ2n) is 7.27. The van der Waals surface area contributed by atoms with E-state index in [4.69, 9.17) is 32.4 Å². The summed E-state index contributed by atoms with van der Waals surface area (Å²) in [5.74, 6) is -1.03. The second kappa shape index (κ2) is 9.48. The first-order valence-electron chi connectivity index (χ1n) is 9.93. The molecule has 0 aliphatic heterocycles. The number of halogens is 2. The maximum atomic E-state index is 12.7. The van der Waals surface area contributed by atoms with Gasteiger partial charge >= 0.3 is 11.6 Å². The van der Waals surface area contributed by atoms with Crippen LogP contribution in [0.3, 0.4) is 0 Å². The molecule has 0 aliphatic rings. The Morgan fingerprint density at radius 1 is 0.939 bits per heavy atom. The first-order valence-corrected chi connectivity index (χ1v) is 10.7. The van der Waals surface area contributed by atoms with Crippen LogP contribution in [0.1, 0.15) is 39.2 Å². The molecule has 0 saturated carbocycles. The molecule has 0 radical (unpaired) electrons. The fourth-order valence-corrected chi connectivity index (χ4v) is 3.50. The van der Waals surface area contributed by atoms with E-state index in [0.29, 0.717) is 10.4 Å². The van der Waals surface area contributed by atoms with Gasteiger partial charge in [-0.1, -0.05) is 53.5 Å². The second-order valence-corrected chi connectivity index (χ2v) is 8.09. The fourth-order valence-electron chi connectivity index (χ4n) is 3.20. The zero-order chi connectivity index (χ0) is 23.5. The van der Waals surface area contributed by atoms with E-state index in [1.807, 2.05) is 37.3 Å². The van der Waals surface area contributed by atoms with Crippen LogP contribution in [0.15, 0.2) is 82.0 Å². The molecule has 0 bridgehead atoms. The highest BCUT2D eigenvalue weighted by molar-refractivity contribution is 6.42. The van der Waals surface area contributed by atoms with Crippen LogP contribution >= 0.6 is 23.2 Å². The summed E-state index contributed by atoms with van der Waals surface area (Å²) in [4.78, 5) is 37.5. The lowest BCUT2D eigenvalue weighted by molar-refractivity contribution is 0.0734. The van der Waals surface area contributed by atoms with Crippen LogP contribution in [0.5, 0.6) is 5.75 Å². The average molecular weight is 482 g/mol. The van der Waals surface area contributed by atoms with Crippen molar-refractivity contribution in [1.82, 2.24) is 5.32 Å². The molecule has 8 heteroatoms. The van der Waals surface area contributed by atoms with Crippen molar-refractivity contribution in [3.8, 4) is 5.75 Å². The normalized spacial score (nSPS) is 11.7. The number of esters is 1. The van der Waals surface area contributed by atoms with E-state index in [1.54, 1.807) is 6.07 Å². The van der Waals surface area contributed by atoms with E-state index in [2.05, 4.69) is 5.32 Å². The Labute approximate surface area is 198 Å². The van der Waals surface area contributed by atoms with Gasteiger partial charge in [-0.15, -0.1) is 0 Å². The topological polar surface area (TPSA) is 85.6 Å². The smallest absolute Gasteiger partial charge is 0.349 e. The zero-order valence-corrected chi connectivity index (χ0v) is 18.8. The van der Waals surface area contributed by atoms with Crippen molar-refractivity contribution in [2.45, 2.75) is 13.0 Å². The van der Waals surface area contributed by atoms with E-state index in [0.717, 1.165) is 5.56 Å². The zero-order valence-electron chi connectivity index (χ0n) is 17.3. The molecule has 1 amide bonds. The van der Waals surface area contributed by atoms with Crippen LogP contribution in [-0.2, 0) is 0 Å². The van der Waals surface area contributed by atoms with Gasteiger partial charge < -0.3 is 14.5 Å². The molecule has 6 nitrogen and oxygen atoms in total. The van der Waals surface area contributed by atoms with Gasteiger partial charge in [0.15, 0.2) is 0 Å². The van der Waals surface area contributed by atoms with Gasteiger partial charge in [-0.25, -0.2) is 9.59 Å². The maximum absolute atomic E-state index is 12.7. The van der Waals surface area contributed by atoms with Crippen LogP contribution in [-0.4, -0.2) is 11.9 Å². The van der Waals surface area contributed by atoms with Crippen LogP contribution in [0.25, 0.3) is 11.0 Å². The van der Waals surface area contributed by atoms with Gasteiger partial charge in [-0.2, -0.15) is 0 Å². The maximum Gasteiger partial charge on any atom is 0.349 e. The lowest BCUT2D eigenvalue weighted by Crippen LogP contribution is -2.30. The Hall–Kier alpha value is -3.61. The van der Waals surface area contributed by atoms with Gasteiger partial charge in [0.1, 0.15) is 16.9 Å². The van der Waals surface area contributed by atoms with Crippen LogP contribution in [0.4, 0.5) is 0 Å². The summed E-state index contributed by atoms with van der Waals surface area (Å²) in [5, 5.41) is 3.84. The molecule has 0 spiro atoms. The lowest BCUT2D eigenvalue weighted by Gasteiger charge is -2.14. The summed E-state index contributed by atoms with van der Waals surface area (Å²) in [6, 6.07) is 19.4. The van der Waals surface area contributed by atoms with Gasteiger partial charge in [0.05, 0.1) is 21.7 Å². The molecule has 1 heterocycles. The molecule has 1 unspecified atom stereocenters. The van der Waals surface area contributed by atoms with Crippen molar-refractivity contribution >= 4 is 46.0 Å². The van der Waals surface area contributed by atoms with Gasteiger partial charge in [-0.05, 0) is 48.9 Å². The summed E-state index contributed by atoms with van der Waals surface area (Å²) >= 11 is 11.8. The number of carbonyl (C=O) groups is 2. The Balaban J connectivity index is 1.54. The van der Waals surface area contributed by atoms with Crippen molar-refractivity contribution in [3.05, 3.63) is 110 Å². The molecule has 0 fully saturated rings. The fraction of sp³-hybridized carbons (Fsp3) is 0.0800. The van der Waals surface area contributed by atoms with Crippen molar-refractivity contribution in [1.29, 1.82) is 0 Å². The minimum Gasteiger partial charge on any atom is -0.423 e. The number of rotatable bonds is 5. The summed E-state index contributed by atoms with van der Waals surface area (Å²) in [5.41, 5.74) is 0.376. The Bertz CT molecular complexity index is 1420. The minimum atomic E-state index is -0.798. The van der Waals surface area contributed by atoms with E-state index in [-0.39, 0.29) is 33.5 Å². The first kappa shape index (κ1) is 22.6. The predicted molar refractivity (Wildman–Crippen MR) is 126 cm³/mol. The summed E-state index contributed by atoms with van der Waals surface area (Å²) in [6.07, 6.45) is 0. The van der Waals surface area contributed by atoms with Crippen molar-refractivity contribution in [2.75, 3.05) is 0 Å². The first-order chi connectivity index (χ1) is 15.8. The number of carbonyl (C=O) groups excluding carboxylic acids is 2. The summed E-state index contributed by atoms with van der Waals surface area (Å²) in [7, 11) is 0. The highest BCUT2D eigenvalue weighted by Crippen LogP contribution is 2.25. The molecule has 1 atom stereocenters. The van der Waals surface area contributed by atoms with E-state index in [9.17, 15) is 14.4 Å². The lowest BCUT2D eigenvalue weighted by atomic mass is 10.1. The molecule has 1 N–H and O–H groups in total. The SMILES string of the molecule is CC(NC(=O)c1cc2ccc(OC(=O)c3ccc(Cl)c(Cl)c3)cc2oc1=O)c1ccccc1. The van der Waals surface area contributed by atoms with Gasteiger partial charge in [-0.3, -0.25) is 4.79 Å². The third-order valence-corrected chi connectivity index (χ3v) is 5.70. The van der Waals surface area contributed by atoms with E-state index >= 15 is 0 Å². The van der Waals surface area contributed by atoms with Crippen LogP contribution in [0.2, 0.25) is 10.0 Å². The van der Waals surface area contributed by atoms with Crippen LogP contribution < -0.4 is 15.7 Å². The highest BCUT2D eigenvalue weighted by Gasteiger charge is 2.18. The number of nitrogens with one attached hydrogen (secondary N) is 1. The third kappa shape index (κ3) is 5.08. The Morgan fingerprint density at radius 2 is 1.70 bits per heavy atom. The number of fused-ring (bicyclic) bond motifs is 1. The van der Waals surface area contributed by atoms with Gasteiger partial charge in [0.25, 0.3) is 5.91 Å². The van der Waals surface area contributed by atoms with E-state index < -0.39 is 17.5 Å². The quantitative estimate of drug-likeness (QED) is 0.221. The molecule has 3 aromatic carbocycles.